The summed E-state index contributed by atoms with van der Waals surface area (Å²) in [4.78, 5) is 12.5. The predicted octanol–water partition coefficient (Wildman–Crippen LogP) is 2.91. The molecular weight excluding hydrogens is 250 g/mol. The van der Waals surface area contributed by atoms with Crippen LogP contribution < -0.4 is 0 Å². The number of thiophene rings is 1. The van der Waals surface area contributed by atoms with Crippen LogP contribution in [0.15, 0.2) is 16.5 Å². The van der Waals surface area contributed by atoms with Gasteiger partial charge in [0.1, 0.15) is 15.7 Å². The van der Waals surface area contributed by atoms with E-state index in [1.807, 2.05) is 11.8 Å². The lowest BCUT2D eigenvalue weighted by atomic mass is 10.4. The lowest BCUT2D eigenvalue weighted by Crippen LogP contribution is -2.14. The van der Waals surface area contributed by atoms with E-state index in [1.165, 1.54) is 5.39 Å². The summed E-state index contributed by atoms with van der Waals surface area (Å²) in [6.07, 6.45) is 0.898. The second-order valence-electron chi connectivity index (χ2n) is 4.09. The maximum atomic E-state index is 4.63. The monoisotopic (exact) mass is 267 g/mol. The topological polar surface area (TPSA) is 29.0 Å². The Labute approximate surface area is 110 Å². The molecule has 0 unspecified atom stereocenters. The summed E-state index contributed by atoms with van der Waals surface area (Å²) in [5.41, 5.74) is 0. The fourth-order valence-electron chi connectivity index (χ4n) is 1.46. The van der Waals surface area contributed by atoms with Gasteiger partial charge in [0, 0.05) is 24.1 Å². The molecule has 2 aromatic rings. The van der Waals surface area contributed by atoms with Gasteiger partial charge in [-0.3, -0.25) is 0 Å². The molecule has 0 saturated carbocycles. The van der Waals surface area contributed by atoms with Gasteiger partial charge in [0.15, 0.2) is 0 Å². The number of nitrogens with zero attached hydrogens (tertiary/aromatic N) is 3. The molecular formula is C12H17N3S2. The van der Waals surface area contributed by atoms with Crippen molar-refractivity contribution in [3.8, 4) is 0 Å². The largest absolute Gasteiger partial charge is 0.309 e. The van der Waals surface area contributed by atoms with E-state index < -0.39 is 0 Å². The molecule has 0 radical (unpaired) electrons. The molecule has 2 heterocycles. The highest BCUT2D eigenvalue weighted by Crippen LogP contribution is 2.28. The molecule has 0 saturated heterocycles. The molecule has 0 atom stereocenters. The maximum absolute atomic E-state index is 4.63. The van der Waals surface area contributed by atoms with Crippen LogP contribution in [-0.4, -0.2) is 41.3 Å². The molecule has 3 nitrogen and oxygen atoms in total. The first-order chi connectivity index (χ1) is 8.20. The molecule has 0 bridgehead atoms. The summed E-state index contributed by atoms with van der Waals surface area (Å²) >= 11 is 3.52. The van der Waals surface area contributed by atoms with Crippen LogP contribution in [0.5, 0.6) is 0 Å². The Morgan fingerprint density at radius 2 is 2.18 bits per heavy atom. The van der Waals surface area contributed by atoms with Crippen molar-refractivity contribution in [2.24, 2.45) is 0 Å². The van der Waals surface area contributed by atoms with E-state index in [0.29, 0.717) is 0 Å². The number of thioether (sulfide) groups is 1. The predicted molar refractivity (Wildman–Crippen MR) is 76.1 cm³/mol. The molecule has 17 heavy (non-hydrogen) atoms. The number of hydrogen-bond acceptors (Lipinski definition) is 5. The lowest BCUT2D eigenvalue weighted by molar-refractivity contribution is 0.437. The number of hydrogen-bond donors (Lipinski definition) is 0. The minimum absolute atomic E-state index is 0.898. The molecule has 0 N–H and O–H groups in total. The van der Waals surface area contributed by atoms with E-state index in [-0.39, 0.29) is 0 Å². The molecule has 0 aliphatic carbocycles. The van der Waals surface area contributed by atoms with Crippen molar-refractivity contribution < 1.29 is 0 Å². The summed E-state index contributed by atoms with van der Waals surface area (Å²) in [7, 11) is 4.19. The lowest BCUT2D eigenvalue weighted by Gasteiger charge is -2.09. The Kier molecular flexibility index (Phi) is 4.36. The SMILES string of the molecule is CCc1nc(SCCN(C)C)c2ccsc2n1. The van der Waals surface area contributed by atoms with Crippen LogP contribution in [-0.2, 0) is 6.42 Å². The third-order valence-electron chi connectivity index (χ3n) is 2.43. The summed E-state index contributed by atoms with van der Waals surface area (Å²) in [6, 6.07) is 2.12. The Hall–Kier alpha value is -0.650. The van der Waals surface area contributed by atoms with Gasteiger partial charge < -0.3 is 4.90 Å². The van der Waals surface area contributed by atoms with Crippen molar-refractivity contribution in [1.82, 2.24) is 14.9 Å². The zero-order valence-corrected chi connectivity index (χ0v) is 12.1. The van der Waals surface area contributed by atoms with Crippen LogP contribution in [0.4, 0.5) is 0 Å². The smallest absolute Gasteiger partial charge is 0.131 e. The number of fused-ring (bicyclic) bond motifs is 1. The van der Waals surface area contributed by atoms with Gasteiger partial charge in [-0.1, -0.05) is 6.92 Å². The van der Waals surface area contributed by atoms with E-state index in [1.54, 1.807) is 11.3 Å². The molecule has 0 spiro atoms. The first-order valence-electron chi connectivity index (χ1n) is 5.72. The highest BCUT2D eigenvalue weighted by molar-refractivity contribution is 7.99. The Morgan fingerprint density at radius 3 is 2.88 bits per heavy atom. The summed E-state index contributed by atoms with van der Waals surface area (Å²) in [6.45, 7) is 3.17. The highest BCUT2D eigenvalue weighted by Gasteiger charge is 2.08. The normalized spacial score (nSPS) is 11.5. The van der Waals surface area contributed by atoms with Crippen LogP contribution in [0.3, 0.4) is 0 Å². The van der Waals surface area contributed by atoms with E-state index >= 15 is 0 Å². The van der Waals surface area contributed by atoms with E-state index in [0.717, 1.165) is 34.4 Å². The average molecular weight is 267 g/mol. The second-order valence-corrected chi connectivity index (χ2v) is 6.07. The molecule has 2 aromatic heterocycles. The van der Waals surface area contributed by atoms with Crippen molar-refractivity contribution in [1.29, 1.82) is 0 Å². The van der Waals surface area contributed by atoms with Gasteiger partial charge >= 0.3 is 0 Å². The van der Waals surface area contributed by atoms with Gasteiger partial charge in [-0.2, -0.15) is 0 Å². The molecule has 0 aromatic carbocycles. The minimum Gasteiger partial charge on any atom is -0.309 e. The Bertz CT molecular complexity index is 493. The Balaban J connectivity index is 2.21. The fraction of sp³-hybridized carbons (Fsp3) is 0.500. The quantitative estimate of drug-likeness (QED) is 0.615. The Morgan fingerprint density at radius 1 is 1.35 bits per heavy atom. The van der Waals surface area contributed by atoms with Gasteiger partial charge in [0.05, 0.1) is 0 Å². The van der Waals surface area contributed by atoms with Crippen molar-refractivity contribution in [3.05, 3.63) is 17.3 Å². The molecule has 0 amide bonds. The van der Waals surface area contributed by atoms with Gasteiger partial charge in [0.25, 0.3) is 0 Å². The zero-order valence-electron chi connectivity index (χ0n) is 10.4. The first kappa shape index (κ1) is 12.8. The second kappa shape index (κ2) is 5.80. The van der Waals surface area contributed by atoms with Gasteiger partial charge in [-0.05, 0) is 25.5 Å². The van der Waals surface area contributed by atoms with Gasteiger partial charge in [0.2, 0.25) is 0 Å². The van der Waals surface area contributed by atoms with E-state index in [2.05, 4.69) is 47.3 Å². The highest BCUT2D eigenvalue weighted by atomic mass is 32.2. The third kappa shape index (κ3) is 3.18. The average Bonchev–Trinajstić information content (AvgIpc) is 2.76. The third-order valence-corrected chi connectivity index (χ3v) is 4.21. The van der Waals surface area contributed by atoms with Crippen molar-refractivity contribution in [3.63, 3.8) is 0 Å². The number of aryl methyl sites for hydroxylation is 1. The zero-order chi connectivity index (χ0) is 12.3. The van der Waals surface area contributed by atoms with E-state index in [4.69, 9.17) is 0 Å². The van der Waals surface area contributed by atoms with Crippen LogP contribution in [0.2, 0.25) is 0 Å². The van der Waals surface area contributed by atoms with Crippen LogP contribution in [0, 0.1) is 0 Å². The number of aromatic nitrogens is 2. The van der Waals surface area contributed by atoms with Crippen LogP contribution >= 0.6 is 23.1 Å². The van der Waals surface area contributed by atoms with Crippen molar-refractivity contribution >= 4 is 33.3 Å². The molecule has 0 aliphatic heterocycles. The minimum atomic E-state index is 0.898. The summed E-state index contributed by atoms with van der Waals surface area (Å²) in [5, 5.41) is 4.43. The van der Waals surface area contributed by atoms with E-state index in [9.17, 15) is 0 Å². The summed E-state index contributed by atoms with van der Waals surface area (Å²) < 4.78 is 0. The maximum Gasteiger partial charge on any atom is 0.131 e. The van der Waals surface area contributed by atoms with Gasteiger partial charge in [-0.25, -0.2) is 9.97 Å². The molecule has 2 rings (SSSR count). The standard InChI is InChI=1S/C12H17N3S2/c1-4-10-13-11-9(5-7-16-11)12(14-10)17-8-6-15(2)3/h5,7H,4,6,8H2,1-3H3. The first-order valence-corrected chi connectivity index (χ1v) is 7.59. The van der Waals surface area contributed by atoms with Crippen molar-refractivity contribution in [2.45, 2.75) is 18.4 Å². The number of rotatable bonds is 5. The molecule has 0 fully saturated rings. The molecule has 92 valence electrons. The fourth-order valence-corrected chi connectivity index (χ4v) is 3.45. The molecule has 5 heteroatoms. The van der Waals surface area contributed by atoms with Crippen LogP contribution in [0.25, 0.3) is 10.2 Å². The summed E-state index contributed by atoms with van der Waals surface area (Å²) in [5.74, 6) is 2.02. The van der Waals surface area contributed by atoms with Gasteiger partial charge in [-0.15, -0.1) is 23.1 Å². The van der Waals surface area contributed by atoms with Crippen molar-refractivity contribution in [2.75, 3.05) is 26.4 Å². The van der Waals surface area contributed by atoms with Crippen LogP contribution in [0.1, 0.15) is 12.7 Å². The molecule has 0 aliphatic rings.